The van der Waals surface area contributed by atoms with Crippen molar-refractivity contribution in [1.29, 1.82) is 0 Å². The molecule has 4 heteroatoms. The molecule has 2 N–H and O–H groups in total. The van der Waals surface area contributed by atoms with Gasteiger partial charge in [-0.3, -0.25) is 4.79 Å². The number of carbonyl (C=O) groups excluding carboxylic acids is 1. The summed E-state index contributed by atoms with van der Waals surface area (Å²) >= 11 is 5.86. The molecule has 0 spiro atoms. The van der Waals surface area contributed by atoms with Gasteiger partial charge in [-0.2, -0.15) is 0 Å². The van der Waals surface area contributed by atoms with Crippen LogP contribution >= 0.6 is 11.6 Å². The monoisotopic (exact) mass is 267 g/mol. The Morgan fingerprint density at radius 1 is 1.28 bits per heavy atom. The van der Waals surface area contributed by atoms with Crippen LogP contribution in [0.1, 0.15) is 29.6 Å². The van der Waals surface area contributed by atoms with Gasteiger partial charge in [0.2, 0.25) is 0 Å². The molecular weight excluding hydrogens is 248 g/mol. The second kappa shape index (κ2) is 6.76. The van der Waals surface area contributed by atoms with E-state index >= 15 is 0 Å². The van der Waals surface area contributed by atoms with E-state index < -0.39 is 0 Å². The number of amides is 1. The number of hydrogen-bond acceptors (Lipinski definition) is 1. The Balaban J connectivity index is 1.74. The zero-order chi connectivity index (χ0) is 12.8. The highest BCUT2D eigenvalue weighted by molar-refractivity contribution is 6.30. The van der Waals surface area contributed by atoms with Gasteiger partial charge in [0.1, 0.15) is 0 Å². The average molecular weight is 268 g/mol. The predicted octanol–water partition coefficient (Wildman–Crippen LogP) is 1.14. The van der Waals surface area contributed by atoms with E-state index in [0.717, 1.165) is 13.1 Å². The SMILES string of the molecule is O=C(NCC[NH+]1CCCCC1)c1cccc(Cl)c1. The number of quaternary nitrogens is 1. The van der Waals surface area contributed by atoms with Crippen LogP contribution in [0.15, 0.2) is 24.3 Å². The van der Waals surface area contributed by atoms with E-state index in [1.807, 2.05) is 0 Å². The first-order valence-corrected chi connectivity index (χ1v) is 7.01. The fraction of sp³-hybridized carbons (Fsp3) is 0.500. The molecule has 1 aliphatic rings. The van der Waals surface area contributed by atoms with E-state index in [9.17, 15) is 4.79 Å². The lowest BCUT2D eigenvalue weighted by Crippen LogP contribution is -3.13. The van der Waals surface area contributed by atoms with E-state index in [0.29, 0.717) is 10.6 Å². The summed E-state index contributed by atoms with van der Waals surface area (Å²) in [6.45, 7) is 4.24. The average Bonchev–Trinajstić information content (AvgIpc) is 2.40. The maximum atomic E-state index is 11.9. The highest BCUT2D eigenvalue weighted by Gasteiger charge is 2.13. The standard InChI is InChI=1S/C14H19ClN2O/c15-13-6-4-5-12(11-13)14(18)16-7-10-17-8-2-1-3-9-17/h4-6,11H,1-3,7-10H2,(H,16,18)/p+1. The van der Waals surface area contributed by atoms with Gasteiger partial charge in [0.05, 0.1) is 26.2 Å². The molecule has 1 aromatic rings. The van der Waals surface area contributed by atoms with Gasteiger partial charge in [0.25, 0.3) is 5.91 Å². The maximum absolute atomic E-state index is 11.9. The van der Waals surface area contributed by atoms with Crippen molar-refractivity contribution < 1.29 is 9.69 Å². The molecule has 98 valence electrons. The first kappa shape index (κ1) is 13.4. The number of rotatable bonds is 4. The first-order valence-electron chi connectivity index (χ1n) is 6.63. The molecular formula is C14H20ClN2O+. The summed E-state index contributed by atoms with van der Waals surface area (Å²) in [7, 11) is 0. The van der Waals surface area contributed by atoms with Crippen molar-refractivity contribution in [3.8, 4) is 0 Å². The van der Waals surface area contributed by atoms with Crippen molar-refractivity contribution in [2.75, 3.05) is 26.2 Å². The number of nitrogens with one attached hydrogen (secondary N) is 2. The van der Waals surface area contributed by atoms with Gasteiger partial charge in [0.15, 0.2) is 0 Å². The molecule has 1 fully saturated rings. The molecule has 1 aromatic carbocycles. The van der Waals surface area contributed by atoms with Crippen LogP contribution in [-0.2, 0) is 0 Å². The smallest absolute Gasteiger partial charge is 0.251 e. The minimum Gasteiger partial charge on any atom is -0.346 e. The van der Waals surface area contributed by atoms with Gasteiger partial charge in [-0.15, -0.1) is 0 Å². The van der Waals surface area contributed by atoms with E-state index in [1.165, 1.54) is 32.4 Å². The molecule has 1 heterocycles. The van der Waals surface area contributed by atoms with Crippen molar-refractivity contribution in [3.63, 3.8) is 0 Å². The van der Waals surface area contributed by atoms with Crippen molar-refractivity contribution in [2.45, 2.75) is 19.3 Å². The molecule has 0 atom stereocenters. The Kier molecular flexibility index (Phi) is 5.02. The van der Waals surface area contributed by atoms with Crippen LogP contribution < -0.4 is 10.2 Å². The summed E-state index contributed by atoms with van der Waals surface area (Å²) in [4.78, 5) is 13.5. The van der Waals surface area contributed by atoms with Crippen molar-refractivity contribution in [1.82, 2.24) is 5.32 Å². The fourth-order valence-corrected chi connectivity index (χ4v) is 2.58. The Hall–Kier alpha value is -1.06. The minimum atomic E-state index is -0.0334. The topological polar surface area (TPSA) is 33.5 Å². The van der Waals surface area contributed by atoms with Crippen LogP contribution in [0.4, 0.5) is 0 Å². The Labute approximate surface area is 113 Å². The fourth-order valence-electron chi connectivity index (χ4n) is 2.39. The highest BCUT2D eigenvalue weighted by Crippen LogP contribution is 2.10. The summed E-state index contributed by atoms with van der Waals surface area (Å²) < 4.78 is 0. The van der Waals surface area contributed by atoms with Gasteiger partial charge in [-0.25, -0.2) is 0 Å². The van der Waals surface area contributed by atoms with Crippen LogP contribution in [0.3, 0.4) is 0 Å². The van der Waals surface area contributed by atoms with Crippen LogP contribution in [-0.4, -0.2) is 32.1 Å². The lowest BCUT2D eigenvalue weighted by molar-refractivity contribution is -0.903. The van der Waals surface area contributed by atoms with Crippen LogP contribution in [0.2, 0.25) is 5.02 Å². The van der Waals surface area contributed by atoms with Crippen LogP contribution in [0.5, 0.6) is 0 Å². The molecule has 3 nitrogen and oxygen atoms in total. The molecule has 0 bridgehead atoms. The normalized spacial score (nSPS) is 16.5. The Bertz CT molecular complexity index is 403. The molecule has 2 rings (SSSR count). The summed E-state index contributed by atoms with van der Waals surface area (Å²) in [6.07, 6.45) is 3.99. The molecule has 1 amide bonds. The van der Waals surface area contributed by atoms with Gasteiger partial charge in [0, 0.05) is 10.6 Å². The second-order valence-corrected chi connectivity index (χ2v) is 5.26. The largest absolute Gasteiger partial charge is 0.346 e. The minimum absolute atomic E-state index is 0.0334. The molecule has 0 unspecified atom stereocenters. The Morgan fingerprint density at radius 3 is 2.78 bits per heavy atom. The second-order valence-electron chi connectivity index (χ2n) is 4.83. The summed E-state index contributed by atoms with van der Waals surface area (Å²) in [5.41, 5.74) is 0.635. The lowest BCUT2D eigenvalue weighted by Gasteiger charge is -2.23. The van der Waals surface area contributed by atoms with Crippen molar-refractivity contribution in [2.24, 2.45) is 0 Å². The molecule has 18 heavy (non-hydrogen) atoms. The molecule has 0 aliphatic carbocycles. The van der Waals surface area contributed by atoms with E-state index in [1.54, 1.807) is 29.2 Å². The summed E-state index contributed by atoms with van der Waals surface area (Å²) in [5, 5.41) is 3.56. The summed E-state index contributed by atoms with van der Waals surface area (Å²) in [6, 6.07) is 7.06. The number of carbonyl (C=O) groups is 1. The third kappa shape index (κ3) is 4.00. The summed E-state index contributed by atoms with van der Waals surface area (Å²) in [5.74, 6) is -0.0334. The molecule has 1 aliphatic heterocycles. The third-order valence-electron chi connectivity index (χ3n) is 3.41. The van der Waals surface area contributed by atoms with E-state index in [4.69, 9.17) is 11.6 Å². The Morgan fingerprint density at radius 2 is 2.06 bits per heavy atom. The van der Waals surface area contributed by atoms with E-state index in [2.05, 4.69) is 5.32 Å². The quantitative estimate of drug-likeness (QED) is 0.843. The van der Waals surface area contributed by atoms with Crippen molar-refractivity contribution in [3.05, 3.63) is 34.9 Å². The highest BCUT2D eigenvalue weighted by atomic mass is 35.5. The number of likely N-dealkylation sites (tertiary alicyclic amines) is 1. The zero-order valence-corrected chi connectivity index (χ0v) is 11.3. The number of benzene rings is 1. The zero-order valence-electron chi connectivity index (χ0n) is 10.5. The third-order valence-corrected chi connectivity index (χ3v) is 3.65. The van der Waals surface area contributed by atoms with Crippen molar-refractivity contribution >= 4 is 17.5 Å². The first-order chi connectivity index (χ1) is 8.75. The van der Waals surface area contributed by atoms with Gasteiger partial charge in [-0.05, 0) is 37.5 Å². The van der Waals surface area contributed by atoms with Crippen LogP contribution in [0, 0.1) is 0 Å². The van der Waals surface area contributed by atoms with Gasteiger partial charge >= 0.3 is 0 Å². The number of hydrogen-bond donors (Lipinski definition) is 2. The predicted molar refractivity (Wildman–Crippen MR) is 73.2 cm³/mol. The lowest BCUT2D eigenvalue weighted by atomic mass is 10.1. The maximum Gasteiger partial charge on any atom is 0.251 e. The molecule has 0 radical (unpaired) electrons. The van der Waals surface area contributed by atoms with Gasteiger partial charge < -0.3 is 10.2 Å². The number of halogens is 1. The van der Waals surface area contributed by atoms with E-state index in [-0.39, 0.29) is 5.91 Å². The molecule has 0 saturated carbocycles. The van der Waals surface area contributed by atoms with Crippen LogP contribution in [0.25, 0.3) is 0 Å². The molecule has 0 aromatic heterocycles. The molecule has 1 saturated heterocycles. The number of piperidine rings is 1. The van der Waals surface area contributed by atoms with Gasteiger partial charge in [-0.1, -0.05) is 17.7 Å².